The largest absolute Gasteiger partial charge is 0.337 e. The van der Waals surface area contributed by atoms with E-state index in [0.717, 1.165) is 16.5 Å². The van der Waals surface area contributed by atoms with Gasteiger partial charge in [0.15, 0.2) is 5.78 Å². The van der Waals surface area contributed by atoms with E-state index in [0.29, 0.717) is 23.4 Å². The van der Waals surface area contributed by atoms with Gasteiger partial charge in [0.05, 0.1) is 11.1 Å². The topological polar surface area (TPSA) is 52.0 Å². The lowest BCUT2D eigenvalue weighted by molar-refractivity contribution is 0.0970. The highest BCUT2D eigenvalue weighted by atomic mass is 16.1. The van der Waals surface area contributed by atoms with Crippen LogP contribution in [0.25, 0.3) is 10.9 Å². The van der Waals surface area contributed by atoms with Gasteiger partial charge >= 0.3 is 0 Å². The maximum absolute atomic E-state index is 12.9. The Morgan fingerprint density at radius 1 is 1.14 bits per heavy atom. The first kappa shape index (κ1) is 13.0. The van der Waals surface area contributed by atoms with Gasteiger partial charge in [-0.2, -0.15) is 0 Å². The fourth-order valence-corrected chi connectivity index (χ4v) is 3.27. The van der Waals surface area contributed by atoms with Gasteiger partial charge in [-0.25, -0.2) is 0 Å². The SMILES string of the molecule is CCn1c2c(c3ccccc31)C(=O)c1cc(C)cnc1C2=O. The zero-order valence-electron chi connectivity index (χ0n) is 12.4. The number of ketones is 2. The highest BCUT2D eigenvalue weighted by Crippen LogP contribution is 2.34. The Labute approximate surface area is 127 Å². The van der Waals surface area contributed by atoms with Crippen molar-refractivity contribution in [1.29, 1.82) is 0 Å². The summed E-state index contributed by atoms with van der Waals surface area (Å²) in [6.45, 7) is 4.48. The molecule has 1 aliphatic carbocycles. The number of hydrogen-bond donors (Lipinski definition) is 0. The van der Waals surface area contributed by atoms with Crippen LogP contribution in [-0.2, 0) is 6.54 Å². The van der Waals surface area contributed by atoms with Gasteiger partial charge < -0.3 is 4.57 Å². The first-order valence-corrected chi connectivity index (χ1v) is 7.30. The van der Waals surface area contributed by atoms with Crippen LogP contribution in [0, 0.1) is 6.92 Å². The zero-order valence-corrected chi connectivity index (χ0v) is 12.4. The molecule has 0 radical (unpaired) electrons. The van der Waals surface area contributed by atoms with E-state index in [2.05, 4.69) is 4.98 Å². The Morgan fingerprint density at radius 3 is 2.68 bits per heavy atom. The molecule has 0 amide bonds. The van der Waals surface area contributed by atoms with Crippen LogP contribution in [0.4, 0.5) is 0 Å². The van der Waals surface area contributed by atoms with Crippen LogP contribution in [0.1, 0.15) is 44.6 Å². The molecule has 1 aromatic carbocycles. The molecule has 0 saturated heterocycles. The summed E-state index contributed by atoms with van der Waals surface area (Å²) < 4.78 is 1.91. The van der Waals surface area contributed by atoms with E-state index in [9.17, 15) is 9.59 Å². The van der Waals surface area contributed by atoms with Crippen LogP contribution in [0.3, 0.4) is 0 Å². The molecule has 3 aromatic rings. The molecule has 0 saturated carbocycles. The molecule has 0 unspecified atom stereocenters. The Hall–Kier alpha value is -2.75. The lowest BCUT2D eigenvalue weighted by Gasteiger charge is -2.16. The molecule has 0 fully saturated rings. The first-order valence-electron chi connectivity index (χ1n) is 7.30. The fraction of sp³-hybridized carbons (Fsp3) is 0.167. The average Bonchev–Trinajstić information content (AvgIpc) is 2.87. The third-order valence-electron chi connectivity index (χ3n) is 4.21. The van der Waals surface area contributed by atoms with E-state index in [4.69, 9.17) is 0 Å². The van der Waals surface area contributed by atoms with E-state index in [-0.39, 0.29) is 17.3 Å². The minimum atomic E-state index is -0.164. The number of rotatable bonds is 1. The summed E-state index contributed by atoms with van der Waals surface area (Å²) in [4.78, 5) is 30.0. The predicted octanol–water partition coefficient (Wildman–Crippen LogP) is 3.14. The van der Waals surface area contributed by atoms with Gasteiger partial charge in [0.25, 0.3) is 0 Å². The molecule has 1 aliphatic rings. The Kier molecular flexibility index (Phi) is 2.57. The van der Waals surface area contributed by atoms with E-state index in [1.807, 2.05) is 42.7 Å². The second-order valence-corrected chi connectivity index (χ2v) is 5.55. The minimum absolute atomic E-state index is 0.107. The minimum Gasteiger partial charge on any atom is -0.337 e. The molecule has 0 aliphatic heterocycles. The second kappa shape index (κ2) is 4.37. The van der Waals surface area contributed by atoms with Crippen LogP contribution in [0.2, 0.25) is 0 Å². The summed E-state index contributed by atoms with van der Waals surface area (Å²) in [7, 11) is 0. The summed E-state index contributed by atoms with van der Waals surface area (Å²) in [6, 6.07) is 9.42. The smallest absolute Gasteiger partial charge is 0.229 e. The number of pyridine rings is 1. The molecule has 0 spiro atoms. The molecular weight excluding hydrogens is 276 g/mol. The molecule has 0 atom stereocenters. The van der Waals surface area contributed by atoms with Gasteiger partial charge in [-0.05, 0) is 31.5 Å². The van der Waals surface area contributed by atoms with Crippen molar-refractivity contribution in [2.45, 2.75) is 20.4 Å². The molecule has 4 heteroatoms. The van der Waals surface area contributed by atoms with Crippen molar-refractivity contribution in [2.24, 2.45) is 0 Å². The molecular formula is C18H14N2O2. The molecule has 108 valence electrons. The standard InChI is InChI=1S/C18H14N2O2/c1-3-20-13-7-5-4-6-11(13)14-16(20)18(22)15-12(17(14)21)8-10(2)9-19-15/h4-9H,3H2,1-2H3. The number of fused-ring (bicyclic) bond motifs is 4. The van der Waals surface area contributed by atoms with Gasteiger partial charge in [-0.3, -0.25) is 14.6 Å². The molecule has 4 nitrogen and oxygen atoms in total. The average molecular weight is 290 g/mol. The molecule has 22 heavy (non-hydrogen) atoms. The molecule has 0 N–H and O–H groups in total. The third kappa shape index (κ3) is 1.49. The monoisotopic (exact) mass is 290 g/mol. The lowest BCUT2D eigenvalue weighted by Crippen LogP contribution is -2.24. The van der Waals surface area contributed by atoms with Crippen molar-refractivity contribution in [1.82, 2.24) is 9.55 Å². The number of carbonyl (C=O) groups excluding carboxylic acids is 2. The number of nitrogens with zero attached hydrogens (tertiary/aromatic N) is 2. The maximum atomic E-state index is 12.9. The van der Waals surface area contributed by atoms with Crippen molar-refractivity contribution in [3.63, 3.8) is 0 Å². The van der Waals surface area contributed by atoms with Gasteiger partial charge in [0, 0.05) is 23.6 Å². The Balaban J connectivity index is 2.15. The van der Waals surface area contributed by atoms with E-state index >= 15 is 0 Å². The van der Waals surface area contributed by atoms with Gasteiger partial charge in [0.2, 0.25) is 5.78 Å². The zero-order chi connectivity index (χ0) is 15.4. The van der Waals surface area contributed by atoms with Crippen molar-refractivity contribution >= 4 is 22.5 Å². The predicted molar refractivity (Wildman–Crippen MR) is 83.5 cm³/mol. The highest BCUT2D eigenvalue weighted by molar-refractivity contribution is 6.31. The summed E-state index contributed by atoms with van der Waals surface area (Å²) in [6.07, 6.45) is 1.63. The quantitative estimate of drug-likeness (QED) is 0.541. The third-order valence-corrected chi connectivity index (χ3v) is 4.21. The van der Waals surface area contributed by atoms with Crippen molar-refractivity contribution in [3.05, 3.63) is 64.6 Å². The number of hydrogen-bond acceptors (Lipinski definition) is 3. The van der Waals surface area contributed by atoms with Crippen LogP contribution in [-0.4, -0.2) is 21.1 Å². The first-order chi connectivity index (χ1) is 10.6. The van der Waals surface area contributed by atoms with Gasteiger partial charge in [-0.15, -0.1) is 0 Å². The van der Waals surface area contributed by atoms with Crippen molar-refractivity contribution in [2.75, 3.05) is 0 Å². The second-order valence-electron chi connectivity index (χ2n) is 5.55. The fourth-order valence-electron chi connectivity index (χ4n) is 3.27. The number of para-hydroxylation sites is 1. The summed E-state index contributed by atoms with van der Waals surface area (Å²) in [5.74, 6) is -0.271. The number of aryl methyl sites for hydroxylation is 2. The van der Waals surface area contributed by atoms with Gasteiger partial charge in [-0.1, -0.05) is 18.2 Å². The summed E-state index contributed by atoms with van der Waals surface area (Å²) in [5.41, 5.74) is 3.46. The molecule has 0 bridgehead atoms. The summed E-state index contributed by atoms with van der Waals surface area (Å²) >= 11 is 0. The highest BCUT2D eigenvalue weighted by Gasteiger charge is 2.36. The van der Waals surface area contributed by atoms with E-state index in [1.54, 1.807) is 12.3 Å². The van der Waals surface area contributed by atoms with Crippen LogP contribution >= 0.6 is 0 Å². The maximum Gasteiger partial charge on any atom is 0.229 e. The number of aromatic nitrogens is 2. The molecule has 4 rings (SSSR count). The van der Waals surface area contributed by atoms with Crippen LogP contribution in [0.5, 0.6) is 0 Å². The Morgan fingerprint density at radius 2 is 1.91 bits per heavy atom. The van der Waals surface area contributed by atoms with Gasteiger partial charge in [0.1, 0.15) is 11.4 Å². The lowest BCUT2D eigenvalue weighted by atomic mass is 9.89. The Bertz CT molecular complexity index is 967. The normalized spacial score (nSPS) is 13.4. The van der Waals surface area contributed by atoms with E-state index < -0.39 is 0 Å². The molecule has 2 heterocycles. The number of benzene rings is 1. The summed E-state index contributed by atoms with van der Waals surface area (Å²) in [5, 5.41) is 0.838. The van der Waals surface area contributed by atoms with Crippen molar-refractivity contribution in [3.8, 4) is 0 Å². The van der Waals surface area contributed by atoms with Crippen LogP contribution in [0.15, 0.2) is 36.5 Å². The molecule has 2 aromatic heterocycles. The number of carbonyl (C=O) groups is 2. The van der Waals surface area contributed by atoms with Crippen molar-refractivity contribution < 1.29 is 9.59 Å². The van der Waals surface area contributed by atoms with E-state index in [1.165, 1.54) is 0 Å². The van der Waals surface area contributed by atoms with Crippen LogP contribution < -0.4 is 0 Å².